The van der Waals surface area contributed by atoms with Gasteiger partial charge in [0, 0.05) is 30.7 Å². The third-order valence-corrected chi connectivity index (χ3v) is 4.55. The molecule has 3 heteroatoms. The second kappa shape index (κ2) is 7.07. The van der Waals surface area contributed by atoms with Gasteiger partial charge < -0.3 is 10.2 Å². The number of halogens is 1. The first-order valence-electron chi connectivity index (χ1n) is 7.84. The number of hydrogen-bond donors (Lipinski definition) is 1. The SMILES string of the molecule is CCN(CC1(CNC)CCCCC1)c1cccc(F)c1. The summed E-state index contributed by atoms with van der Waals surface area (Å²) >= 11 is 0. The third kappa shape index (κ3) is 3.72. The third-order valence-electron chi connectivity index (χ3n) is 4.55. The summed E-state index contributed by atoms with van der Waals surface area (Å²) in [5.41, 5.74) is 1.35. The summed E-state index contributed by atoms with van der Waals surface area (Å²) < 4.78 is 13.4. The Morgan fingerprint density at radius 3 is 2.60 bits per heavy atom. The zero-order valence-corrected chi connectivity index (χ0v) is 12.8. The van der Waals surface area contributed by atoms with Gasteiger partial charge in [0.15, 0.2) is 0 Å². The maximum atomic E-state index is 13.4. The first-order valence-corrected chi connectivity index (χ1v) is 7.84. The first kappa shape index (κ1) is 15.3. The Hall–Kier alpha value is -1.09. The van der Waals surface area contributed by atoms with Crippen LogP contribution in [0.2, 0.25) is 0 Å². The highest BCUT2D eigenvalue weighted by molar-refractivity contribution is 5.46. The van der Waals surface area contributed by atoms with Gasteiger partial charge in [-0.25, -0.2) is 4.39 Å². The molecule has 20 heavy (non-hydrogen) atoms. The standard InChI is InChI=1S/C17H27FN2/c1-3-20(16-9-7-8-15(18)12-16)14-17(13-19-2)10-5-4-6-11-17/h7-9,12,19H,3-6,10-11,13-14H2,1-2H3. The van der Waals surface area contributed by atoms with Crippen LogP contribution in [-0.4, -0.2) is 26.7 Å². The predicted octanol–water partition coefficient (Wildman–Crippen LogP) is 3.82. The zero-order valence-electron chi connectivity index (χ0n) is 12.8. The van der Waals surface area contributed by atoms with Gasteiger partial charge in [-0.15, -0.1) is 0 Å². The first-order chi connectivity index (χ1) is 9.69. The fourth-order valence-electron chi connectivity index (χ4n) is 3.53. The normalized spacial score (nSPS) is 17.9. The van der Waals surface area contributed by atoms with Crippen LogP contribution in [-0.2, 0) is 0 Å². The van der Waals surface area contributed by atoms with E-state index < -0.39 is 0 Å². The van der Waals surface area contributed by atoms with Crippen molar-refractivity contribution in [2.45, 2.75) is 39.0 Å². The van der Waals surface area contributed by atoms with E-state index in [-0.39, 0.29) is 5.82 Å². The van der Waals surface area contributed by atoms with E-state index in [1.807, 2.05) is 13.1 Å². The van der Waals surface area contributed by atoms with Gasteiger partial charge in [0.05, 0.1) is 0 Å². The molecule has 112 valence electrons. The molecule has 1 aromatic carbocycles. The van der Waals surface area contributed by atoms with Gasteiger partial charge in [-0.1, -0.05) is 25.3 Å². The lowest BCUT2D eigenvalue weighted by Gasteiger charge is -2.41. The number of benzene rings is 1. The highest BCUT2D eigenvalue weighted by atomic mass is 19.1. The van der Waals surface area contributed by atoms with Gasteiger partial charge >= 0.3 is 0 Å². The molecule has 0 aromatic heterocycles. The molecule has 0 aliphatic heterocycles. The molecule has 1 saturated carbocycles. The second-order valence-electron chi connectivity index (χ2n) is 6.09. The molecule has 1 aromatic rings. The van der Waals surface area contributed by atoms with Crippen molar-refractivity contribution < 1.29 is 4.39 Å². The van der Waals surface area contributed by atoms with Crippen molar-refractivity contribution in [3.8, 4) is 0 Å². The Morgan fingerprint density at radius 1 is 1.25 bits per heavy atom. The maximum absolute atomic E-state index is 13.4. The summed E-state index contributed by atoms with van der Waals surface area (Å²) in [5.74, 6) is -0.146. The number of anilines is 1. The molecule has 0 heterocycles. The molecule has 0 saturated heterocycles. The van der Waals surface area contributed by atoms with Crippen molar-refractivity contribution in [1.82, 2.24) is 5.32 Å². The minimum absolute atomic E-state index is 0.146. The summed E-state index contributed by atoms with van der Waals surface area (Å²) in [6.45, 7) is 5.16. The lowest BCUT2D eigenvalue weighted by molar-refractivity contribution is 0.191. The van der Waals surface area contributed by atoms with E-state index in [4.69, 9.17) is 0 Å². The number of hydrogen-bond acceptors (Lipinski definition) is 2. The molecule has 1 fully saturated rings. The van der Waals surface area contributed by atoms with Crippen LogP contribution in [0.25, 0.3) is 0 Å². The molecule has 2 nitrogen and oxygen atoms in total. The minimum atomic E-state index is -0.146. The Balaban J connectivity index is 2.14. The molecule has 1 N–H and O–H groups in total. The van der Waals surface area contributed by atoms with E-state index in [0.29, 0.717) is 5.41 Å². The van der Waals surface area contributed by atoms with E-state index >= 15 is 0 Å². The van der Waals surface area contributed by atoms with Crippen LogP contribution in [0, 0.1) is 11.2 Å². The van der Waals surface area contributed by atoms with Crippen LogP contribution in [0.4, 0.5) is 10.1 Å². The van der Waals surface area contributed by atoms with Crippen LogP contribution in [0.15, 0.2) is 24.3 Å². The average Bonchev–Trinajstić information content (AvgIpc) is 2.46. The van der Waals surface area contributed by atoms with Crippen molar-refractivity contribution >= 4 is 5.69 Å². The maximum Gasteiger partial charge on any atom is 0.125 e. The Kier molecular flexibility index (Phi) is 5.41. The van der Waals surface area contributed by atoms with Crippen LogP contribution >= 0.6 is 0 Å². The van der Waals surface area contributed by atoms with Gasteiger partial charge in [-0.3, -0.25) is 0 Å². The Bertz CT molecular complexity index is 408. The lowest BCUT2D eigenvalue weighted by atomic mass is 9.73. The fourth-order valence-corrected chi connectivity index (χ4v) is 3.53. The smallest absolute Gasteiger partial charge is 0.125 e. The number of nitrogens with one attached hydrogen (secondary N) is 1. The molecule has 1 aliphatic carbocycles. The summed E-state index contributed by atoms with van der Waals surface area (Å²) in [5, 5.41) is 3.37. The fraction of sp³-hybridized carbons (Fsp3) is 0.647. The van der Waals surface area contributed by atoms with Crippen LogP contribution in [0.5, 0.6) is 0 Å². The molecule has 0 spiro atoms. The Labute approximate surface area is 122 Å². The Morgan fingerprint density at radius 2 is 2.00 bits per heavy atom. The molecular weight excluding hydrogens is 251 g/mol. The van der Waals surface area contributed by atoms with Crippen molar-refractivity contribution in [2.24, 2.45) is 5.41 Å². The van der Waals surface area contributed by atoms with Gasteiger partial charge in [0.1, 0.15) is 5.82 Å². The second-order valence-corrected chi connectivity index (χ2v) is 6.09. The molecule has 0 amide bonds. The molecule has 1 aliphatic rings. The molecular formula is C17H27FN2. The van der Waals surface area contributed by atoms with E-state index in [1.54, 1.807) is 12.1 Å². The predicted molar refractivity (Wildman–Crippen MR) is 83.7 cm³/mol. The van der Waals surface area contributed by atoms with E-state index in [9.17, 15) is 4.39 Å². The van der Waals surface area contributed by atoms with E-state index in [0.717, 1.165) is 25.3 Å². The molecule has 0 radical (unpaired) electrons. The van der Waals surface area contributed by atoms with Crippen molar-refractivity contribution in [1.29, 1.82) is 0 Å². The largest absolute Gasteiger partial charge is 0.371 e. The van der Waals surface area contributed by atoms with Crippen molar-refractivity contribution in [3.05, 3.63) is 30.1 Å². The summed E-state index contributed by atoms with van der Waals surface area (Å²) in [6, 6.07) is 6.99. The minimum Gasteiger partial charge on any atom is -0.371 e. The quantitative estimate of drug-likeness (QED) is 0.851. The van der Waals surface area contributed by atoms with Crippen LogP contribution in [0.1, 0.15) is 39.0 Å². The molecule has 2 rings (SSSR count). The van der Waals surface area contributed by atoms with Crippen molar-refractivity contribution in [2.75, 3.05) is 31.6 Å². The highest BCUT2D eigenvalue weighted by Gasteiger charge is 2.33. The van der Waals surface area contributed by atoms with E-state index in [2.05, 4.69) is 17.1 Å². The number of rotatable bonds is 6. The lowest BCUT2D eigenvalue weighted by Crippen LogP contribution is -2.45. The van der Waals surface area contributed by atoms with Gasteiger partial charge in [-0.05, 0) is 45.0 Å². The highest BCUT2D eigenvalue weighted by Crippen LogP contribution is 2.37. The van der Waals surface area contributed by atoms with E-state index in [1.165, 1.54) is 38.2 Å². The monoisotopic (exact) mass is 278 g/mol. The van der Waals surface area contributed by atoms with Crippen LogP contribution in [0.3, 0.4) is 0 Å². The molecule has 0 atom stereocenters. The topological polar surface area (TPSA) is 15.3 Å². The van der Waals surface area contributed by atoms with Gasteiger partial charge in [0.2, 0.25) is 0 Å². The van der Waals surface area contributed by atoms with Crippen molar-refractivity contribution in [3.63, 3.8) is 0 Å². The summed E-state index contributed by atoms with van der Waals surface area (Å²) in [6.07, 6.45) is 6.56. The molecule has 0 bridgehead atoms. The molecule has 0 unspecified atom stereocenters. The summed E-state index contributed by atoms with van der Waals surface area (Å²) in [4.78, 5) is 2.33. The van der Waals surface area contributed by atoms with Gasteiger partial charge in [0.25, 0.3) is 0 Å². The van der Waals surface area contributed by atoms with Crippen LogP contribution < -0.4 is 10.2 Å². The van der Waals surface area contributed by atoms with Gasteiger partial charge in [-0.2, -0.15) is 0 Å². The zero-order chi connectivity index (χ0) is 14.4. The number of nitrogens with zero attached hydrogens (tertiary/aromatic N) is 1. The average molecular weight is 278 g/mol. The summed E-state index contributed by atoms with van der Waals surface area (Å²) in [7, 11) is 2.04.